The van der Waals surface area contributed by atoms with Crippen LogP contribution in [0.3, 0.4) is 0 Å². The van der Waals surface area contributed by atoms with Gasteiger partial charge in [0.25, 0.3) is 0 Å². The van der Waals surface area contributed by atoms with Crippen molar-refractivity contribution in [3.05, 3.63) is 149 Å². The van der Waals surface area contributed by atoms with Crippen LogP contribution in [0.4, 0.5) is 5.82 Å². The number of aliphatic hydroxyl groups is 1. The number of rotatable bonds is 12. The van der Waals surface area contributed by atoms with Gasteiger partial charge in [0.15, 0.2) is 0 Å². The van der Waals surface area contributed by atoms with E-state index in [0.29, 0.717) is 22.8 Å². The van der Waals surface area contributed by atoms with Crippen LogP contribution in [0.15, 0.2) is 126 Å². The molecule has 53 heavy (non-hydrogen) atoms. The lowest BCUT2D eigenvalue weighted by atomic mass is 9.80. The first-order chi connectivity index (χ1) is 25.8. The number of hydrogen-bond acceptors (Lipinski definition) is 10. The predicted octanol–water partition coefficient (Wildman–Crippen LogP) is 5.12. The minimum Gasteiger partial charge on any atom is -0.497 e. The molecule has 0 aliphatic carbocycles. The van der Waals surface area contributed by atoms with E-state index in [0.717, 1.165) is 22.4 Å². The zero-order valence-corrected chi connectivity index (χ0v) is 29.3. The SMILES string of the molecule is COc1ccc(C(OC[C@H]2O[C@@H](n3cc(-c4cn(-c5ccccc5)nn4)c(NC(C)=O)nc3=O)C[C@@H]2O)(c2ccccc2)c2ccc(OC)cc2)cc1. The summed E-state index contributed by atoms with van der Waals surface area (Å²) in [5.74, 6) is 0.998. The number of nitrogens with zero attached hydrogens (tertiary/aromatic N) is 5. The molecule has 2 aromatic heterocycles. The second-order valence-electron chi connectivity index (χ2n) is 12.5. The van der Waals surface area contributed by atoms with Gasteiger partial charge in [0.2, 0.25) is 5.91 Å². The third kappa shape index (κ3) is 7.17. The second-order valence-corrected chi connectivity index (χ2v) is 12.5. The van der Waals surface area contributed by atoms with Crippen molar-refractivity contribution in [1.82, 2.24) is 24.5 Å². The van der Waals surface area contributed by atoms with Crippen molar-refractivity contribution in [1.29, 1.82) is 0 Å². The van der Waals surface area contributed by atoms with Gasteiger partial charge >= 0.3 is 5.69 Å². The van der Waals surface area contributed by atoms with E-state index in [9.17, 15) is 14.7 Å². The van der Waals surface area contributed by atoms with Gasteiger partial charge in [-0.05, 0) is 53.1 Å². The molecule has 4 aromatic carbocycles. The predicted molar refractivity (Wildman–Crippen MR) is 196 cm³/mol. The molecule has 1 saturated heterocycles. The minimum absolute atomic E-state index is 0.0314. The highest BCUT2D eigenvalue weighted by molar-refractivity contribution is 5.91. The molecule has 0 spiro atoms. The average molecular weight is 715 g/mol. The van der Waals surface area contributed by atoms with Crippen molar-refractivity contribution in [2.75, 3.05) is 26.1 Å². The van der Waals surface area contributed by atoms with Gasteiger partial charge in [-0.15, -0.1) is 5.10 Å². The molecule has 6 aromatic rings. The average Bonchev–Trinajstić information content (AvgIpc) is 3.83. The number of nitrogens with one attached hydrogen (secondary N) is 1. The van der Waals surface area contributed by atoms with E-state index in [4.69, 9.17) is 18.9 Å². The lowest BCUT2D eigenvalue weighted by molar-refractivity contribution is -0.114. The van der Waals surface area contributed by atoms with Crippen LogP contribution in [0, 0.1) is 0 Å². The van der Waals surface area contributed by atoms with Crippen molar-refractivity contribution in [2.24, 2.45) is 0 Å². The van der Waals surface area contributed by atoms with Gasteiger partial charge in [-0.25, -0.2) is 9.48 Å². The Morgan fingerprint density at radius 3 is 2.04 bits per heavy atom. The van der Waals surface area contributed by atoms with Crippen molar-refractivity contribution < 1.29 is 28.8 Å². The van der Waals surface area contributed by atoms with Crippen LogP contribution in [0.5, 0.6) is 11.5 Å². The highest BCUT2D eigenvalue weighted by Crippen LogP contribution is 2.43. The lowest BCUT2D eigenvalue weighted by Crippen LogP contribution is -2.38. The summed E-state index contributed by atoms with van der Waals surface area (Å²) < 4.78 is 27.1. The highest BCUT2D eigenvalue weighted by atomic mass is 16.6. The fourth-order valence-electron chi connectivity index (χ4n) is 6.54. The molecule has 2 N–H and O–H groups in total. The summed E-state index contributed by atoms with van der Waals surface area (Å²) in [4.78, 5) is 29.7. The molecule has 0 radical (unpaired) electrons. The molecule has 3 heterocycles. The Morgan fingerprint density at radius 1 is 0.868 bits per heavy atom. The Bertz CT molecular complexity index is 2180. The number of anilines is 1. The zero-order chi connectivity index (χ0) is 37.0. The largest absolute Gasteiger partial charge is 0.497 e. The van der Waals surface area contributed by atoms with Crippen molar-refractivity contribution in [2.45, 2.75) is 37.4 Å². The Hall–Kier alpha value is -6.15. The van der Waals surface area contributed by atoms with Gasteiger partial charge in [-0.2, -0.15) is 4.98 Å². The number of ether oxygens (including phenoxy) is 4. The molecule has 13 heteroatoms. The summed E-state index contributed by atoms with van der Waals surface area (Å²) in [5.41, 5.74) is 2.15. The fourth-order valence-corrected chi connectivity index (χ4v) is 6.54. The van der Waals surface area contributed by atoms with Gasteiger partial charge < -0.3 is 29.4 Å². The van der Waals surface area contributed by atoms with E-state index in [1.165, 1.54) is 17.7 Å². The molecule has 1 aliphatic rings. The summed E-state index contributed by atoms with van der Waals surface area (Å²) in [5, 5.41) is 22.6. The first-order valence-electron chi connectivity index (χ1n) is 17.0. The fraction of sp³-hybridized carbons (Fsp3) is 0.225. The number of aliphatic hydroxyl groups excluding tert-OH is 1. The zero-order valence-electron chi connectivity index (χ0n) is 29.3. The molecule has 1 fully saturated rings. The normalized spacial score (nSPS) is 17.0. The number of amides is 1. The van der Waals surface area contributed by atoms with E-state index in [-0.39, 0.29) is 18.8 Å². The first kappa shape index (κ1) is 35.3. The maximum Gasteiger partial charge on any atom is 0.351 e. The maximum absolute atomic E-state index is 13.5. The topological polar surface area (TPSA) is 152 Å². The maximum atomic E-state index is 13.5. The summed E-state index contributed by atoms with van der Waals surface area (Å²) in [6.07, 6.45) is 0.544. The van der Waals surface area contributed by atoms with Crippen molar-refractivity contribution in [3.8, 4) is 28.4 Å². The van der Waals surface area contributed by atoms with E-state index < -0.39 is 35.6 Å². The summed E-state index contributed by atoms with van der Waals surface area (Å²) in [7, 11) is 3.22. The molecule has 1 amide bonds. The number of aromatic nitrogens is 5. The Morgan fingerprint density at radius 2 is 1.45 bits per heavy atom. The Kier molecular flexibility index (Phi) is 10.1. The highest BCUT2D eigenvalue weighted by Gasteiger charge is 2.42. The molecule has 7 rings (SSSR count). The Labute approximate surface area is 305 Å². The van der Waals surface area contributed by atoms with E-state index in [2.05, 4.69) is 20.6 Å². The molecule has 270 valence electrons. The molecular weight excluding hydrogens is 676 g/mol. The Balaban J connectivity index is 1.22. The monoisotopic (exact) mass is 714 g/mol. The number of carbonyl (C=O) groups is 1. The van der Waals surface area contributed by atoms with Gasteiger partial charge in [0.05, 0.1) is 44.4 Å². The van der Waals surface area contributed by atoms with Crippen LogP contribution in [-0.4, -0.2) is 68.6 Å². The number of benzene rings is 4. The van der Waals surface area contributed by atoms with Gasteiger partial charge in [0, 0.05) is 19.5 Å². The van der Waals surface area contributed by atoms with Crippen LogP contribution < -0.4 is 20.5 Å². The first-order valence-corrected chi connectivity index (χ1v) is 17.0. The molecule has 1 aliphatic heterocycles. The third-order valence-electron chi connectivity index (χ3n) is 9.19. The number of carbonyl (C=O) groups excluding carboxylic acids is 1. The quantitative estimate of drug-likeness (QED) is 0.163. The third-order valence-corrected chi connectivity index (χ3v) is 9.19. The second kappa shape index (κ2) is 15.2. The molecule has 3 atom stereocenters. The van der Waals surface area contributed by atoms with Crippen molar-refractivity contribution in [3.63, 3.8) is 0 Å². The summed E-state index contributed by atoms with van der Waals surface area (Å²) >= 11 is 0. The number of para-hydroxylation sites is 1. The van der Waals surface area contributed by atoms with Crippen LogP contribution in [0.25, 0.3) is 16.9 Å². The van der Waals surface area contributed by atoms with Crippen LogP contribution in [0.2, 0.25) is 0 Å². The molecule has 0 bridgehead atoms. The van der Waals surface area contributed by atoms with Gasteiger partial charge in [0.1, 0.15) is 40.9 Å². The van der Waals surface area contributed by atoms with Gasteiger partial charge in [-0.1, -0.05) is 78.0 Å². The minimum atomic E-state index is -1.14. The van der Waals surface area contributed by atoms with Crippen LogP contribution in [0.1, 0.15) is 36.3 Å². The van der Waals surface area contributed by atoms with E-state index in [1.54, 1.807) is 25.1 Å². The number of methoxy groups -OCH3 is 2. The smallest absolute Gasteiger partial charge is 0.351 e. The van der Waals surface area contributed by atoms with Crippen molar-refractivity contribution >= 4 is 11.7 Å². The molecule has 0 unspecified atom stereocenters. The molecule has 13 nitrogen and oxygen atoms in total. The molecule has 0 saturated carbocycles. The van der Waals surface area contributed by atoms with Crippen LogP contribution in [-0.2, 0) is 19.9 Å². The van der Waals surface area contributed by atoms with E-state index in [1.807, 2.05) is 109 Å². The number of hydrogen-bond donors (Lipinski definition) is 2. The van der Waals surface area contributed by atoms with E-state index >= 15 is 0 Å². The van der Waals surface area contributed by atoms with Gasteiger partial charge in [-0.3, -0.25) is 9.36 Å². The summed E-state index contributed by atoms with van der Waals surface area (Å²) in [6, 6.07) is 34.5. The lowest BCUT2D eigenvalue weighted by Gasteiger charge is -2.37. The standard InChI is InChI=1S/C40H38N6O7/c1-26(47)41-38-33(34-24-46(44-43-34)30-12-8-5-9-13-30)23-45(39(49)42-38)37-22-35(48)36(53-37)25-52-40(27-10-6-4-7-11-27,28-14-18-31(50-2)19-15-28)29-16-20-32(51-3)21-17-29/h4-21,23-24,35-37,48H,22,25H2,1-3H3,(H,41,42,47,49)/t35-,36+,37+/m0/s1. The summed E-state index contributed by atoms with van der Waals surface area (Å²) in [6.45, 7) is 1.28. The van der Waals surface area contributed by atoms with Crippen LogP contribution >= 0.6 is 0 Å². The molecular formula is C40H38N6O7.